The predicted octanol–water partition coefficient (Wildman–Crippen LogP) is 1.16. The molecule has 0 atom stereocenters. The number of unbranched alkanes of at least 4 members (excludes halogenated alkanes) is 2. The fraction of sp³-hybridized carbons (Fsp3) is 0.304. The third-order valence-electron chi connectivity index (χ3n) is 3.93. The summed E-state index contributed by atoms with van der Waals surface area (Å²) in [4.78, 5) is 22.0. The maximum Gasteiger partial charge on any atom is 1.00 e. The van der Waals surface area contributed by atoms with Crippen molar-refractivity contribution < 1.29 is 28.4 Å². The van der Waals surface area contributed by atoms with Crippen LogP contribution in [0.1, 0.15) is 31.2 Å². The molecule has 152 valence electrons. The molecule has 5 nitrogen and oxygen atoms in total. The van der Waals surface area contributed by atoms with Gasteiger partial charge in [0.15, 0.2) is 0 Å². The zero-order valence-electron chi connectivity index (χ0n) is 17.4. The molecule has 0 spiro atoms. The van der Waals surface area contributed by atoms with E-state index in [1.807, 2.05) is 54.6 Å². The van der Waals surface area contributed by atoms with Crippen molar-refractivity contribution in [3.63, 3.8) is 0 Å². The maximum atomic E-state index is 11.8. The molecule has 0 saturated heterocycles. The van der Waals surface area contributed by atoms with Crippen molar-refractivity contribution in [2.45, 2.75) is 32.1 Å². The smallest absolute Gasteiger partial charge is 0.490 e. The van der Waals surface area contributed by atoms with Crippen molar-refractivity contribution in [3.8, 4) is 0 Å². The van der Waals surface area contributed by atoms with Crippen molar-refractivity contribution in [2.75, 3.05) is 23.7 Å². The summed E-state index contributed by atoms with van der Waals surface area (Å²) in [6.45, 7) is 8.61. The number of carbonyl (C=O) groups excluding carboxylic acids is 2. The first-order chi connectivity index (χ1) is 13.7. The second-order valence-corrected chi connectivity index (χ2v) is 6.15. The van der Waals surface area contributed by atoms with E-state index >= 15 is 0 Å². The Labute approximate surface area is 187 Å². The van der Waals surface area contributed by atoms with Crippen LogP contribution in [0.5, 0.6) is 0 Å². The molecule has 2 rings (SSSR count). The molecule has 0 unspecified atom stereocenters. The average molecular weight is 387 g/mol. The Morgan fingerprint density at radius 2 is 1.52 bits per heavy atom. The largest absolute Gasteiger partial charge is 1.00 e. The number of anilines is 2. The SMILES string of the molecule is O=[C-]Nc1ccc(CCCCCC(=O)Nc2ccccc2)cc1.[CH2-]CNC[CH2-].[Li+]. The molecule has 0 heterocycles. The van der Waals surface area contributed by atoms with Gasteiger partial charge < -0.3 is 34.6 Å². The summed E-state index contributed by atoms with van der Waals surface area (Å²) in [5.41, 5.74) is 2.83. The first-order valence-corrected chi connectivity index (χ1v) is 9.55. The van der Waals surface area contributed by atoms with Gasteiger partial charge in [0.1, 0.15) is 0 Å². The fourth-order valence-corrected chi connectivity index (χ4v) is 2.48. The number of aryl methyl sites for hydroxylation is 1. The predicted molar refractivity (Wildman–Crippen MR) is 117 cm³/mol. The van der Waals surface area contributed by atoms with Crippen molar-refractivity contribution in [1.29, 1.82) is 0 Å². The summed E-state index contributed by atoms with van der Waals surface area (Å²) in [6, 6.07) is 17.3. The van der Waals surface area contributed by atoms with E-state index in [0.29, 0.717) is 6.42 Å². The van der Waals surface area contributed by atoms with Crippen LogP contribution >= 0.6 is 0 Å². The van der Waals surface area contributed by atoms with Gasteiger partial charge in [-0.15, -0.1) is 30.9 Å². The number of benzene rings is 2. The molecular weight excluding hydrogens is 357 g/mol. The number of hydrogen-bond acceptors (Lipinski definition) is 3. The van der Waals surface area contributed by atoms with Crippen LogP contribution in [-0.2, 0) is 16.0 Å². The Morgan fingerprint density at radius 3 is 2.07 bits per heavy atom. The summed E-state index contributed by atoms with van der Waals surface area (Å²) in [7, 11) is 0. The van der Waals surface area contributed by atoms with E-state index in [-0.39, 0.29) is 24.8 Å². The van der Waals surface area contributed by atoms with Crippen LogP contribution in [0.4, 0.5) is 11.4 Å². The van der Waals surface area contributed by atoms with Crippen molar-refractivity contribution in [3.05, 3.63) is 74.0 Å². The molecule has 2 aromatic rings. The standard InChI is InChI=1S/C19H21N2O2.C4H9N.Li/c22-15-20-17-13-11-16(12-14-17)7-3-1-6-10-19(23)21-18-8-4-2-5-9-18;1-3-5-4-2;/h2,4-5,8-9,11-14H,1,3,6-7,10H2,(H,20,22)(H,21,23);5H,1-4H2;/q-1;-2;+1. The van der Waals surface area contributed by atoms with E-state index in [0.717, 1.165) is 50.1 Å². The molecule has 0 aromatic heterocycles. The van der Waals surface area contributed by atoms with Crippen molar-refractivity contribution in [2.24, 2.45) is 0 Å². The zero-order valence-corrected chi connectivity index (χ0v) is 17.4. The minimum Gasteiger partial charge on any atom is -0.490 e. The van der Waals surface area contributed by atoms with E-state index in [1.54, 1.807) is 6.41 Å². The van der Waals surface area contributed by atoms with Gasteiger partial charge in [0.2, 0.25) is 5.91 Å². The van der Waals surface area contributed by atoms with Crippen LogP contribution in [0.3, 0.4) is 0 Å². The molecule has 2 aromatic carbocycles. The first-order valence-electron chi connectivity index (χ1n) is 9.55. The summed E-state index contributed by atoms with van der Waals surface area (Å²) in [5.74, 6) is 0.0664. The van der Waals surface area contributed by atoms with Gasteiger partial charge in [0.25, 0.3) is 0 Å². The van der Waals surface area contributed by atoms with Crippen LogP contribution in [0, 0.1) is 13.8 Å². The quantitative estimate of drug-likeness (QED) is 0.235. The van der Waals surface area contributed by atoms with Gasteiger partial charge in [-0.25, -0.2) is 0 Å². The molecule has 0 aliphatic heterocycles. The zero-order chi connectivity index (χ0) is 20.5. The average Bonchev–Trinajstić information content (AvgIpc) is 2.71. The van der Waals surface area contributed by atoms with Gasteiger partial charge in [-0.3, -0.25) is 4.79 Å². The summed E-state index contributed by atoms with van der Waals surface area (Å²) in [6.07, 6.45) is 6.13. The van der Waals surface area contributed by atoms with Gasteiger partial charge >= 0.3 is 18.9 Å². The Kier molecular flexibility index (Phi) is 16.7. The molecule has 0 fully saturated rings. The molecule has 6 heteroatoms. The number of para-hydroxylation sites is 1. The van der Waals surface area contributed by atoms with Gasteiger partial charge in [0, 0.05) is 12.1 Å². The maximum absolute atomic E-state index is 11.8. The van der Waals surface area contributed by atoms with Crippen LogP contribution in [-0.4, -0.2) is 25.4 Å². The molecule has 0 radical (unpaired) electrons. The van der Waals surface area contributed by atoms with E-state index in [2.05, 4.69) is 29.8 Å². The topological polar surface area (TPSA) is 70.2 Å². The second-order valence-electron chi connectivity index (χ2n) is 6.15. The number of hydrogen-bond donors (Lipinski definition) is 3. The van der Waals surface area contributed by atoms with Gasteiger partial charge in [-0.2, -0.15) is 0 Å². The van der Waals surface area contributed by atoms with E-state index in [9.17, 15) is 9.59 Å². The number of amides is 2. The van der Waals surface area contributed by atoms with Crippen LogP contribution in [0.15, 0.2) is 54.6 Å². The summed E-state index contributed by atoms with van der Waals surface area (Å²) in [5, 5.41) is 8.27. The molecule has 3 N–H and O–H groups in total. The first kappa shape index (κ1) is 26.9. The summed E-state index contributed by atoms with van der Waals surface area (Å²) < 4.78 is 0. The Morgan fingerprint density at radius 1 is 0.862 bits per heavy atom. The Balaban J connectivity index is 0.00000117. The van der Waals surface area contributed by atoms with E-state index in [1.165, 1.54) is 5.56 Å². The normalized spacial score (nSPS) is 9.45. The molecule has 2 amide bonds. The molecule has 0 saturated carbocycles. The monoisotopic (exact) mass is 387 g/mol. The Bertz CT molecular complexity index is 662. The third-order valence-corrected chi connectivity index (χ3v) is 3.93. The van der Waals surface area contributed by atoms with Crippen LogP contribution < -0.4 is 34.8 Å². The molecule has 0 bridgehead atoms. The van der Waals surface area contributed by atoms with Gasteiger partial charge in [-0.05, 0) is 31.4 Å². The molecule has 0 aliphatic rings. The third kappa shape index (κ3) is 13.7. The van der Waals surface area contributed by atoms with Crippen molar-refractivity contribution >= 4 is 23.7 Å². The number of nitrogens with one attached hydrogen (secondary N) is 3. The molecular formula is C23H30LiN3O2-2. The molecule has 29 heavy (non-hydrogen) atoms. The van der Waals surface area contributed by atoms with Gasteiger partial charge in [-0.1, -0.05) is 42.3 Å². The minimum absolute atomic E-state index is 0. The van der Waals surface area contributed by atoms with Crippen LogP contribution in [0.2, 0.25) is 0 Å². The Hall–Kier alpha value is -2.06. The number of carbonyl (C=O) groups is 1. The van der Waals surface area contributed by atoms with Gasteiger partial charge in [0.05, 0.1) is 6.41 Å². The minimum atomic E-state index is 0. The number of rotatable bonds is 11. The van der Waals surface area contributed by atoms with Crippen molar-refractivity contribution in [1.82, 2.24) is 5.32 Å². The van der Waals surface area contributed by atoms with Crippen LogP contribution in [0.25, 0.3) is 0 Å². The van der Waals surface area contributed by atoms with E-state index < -0.39 is 0 Å². The molecule has 0 aliphatic carbocycles. The fourth-order valence-electron chi connectivity index (χ4n) is 2.48. The second kappa shape index (κ2) is 18.0. The summed E-state index contributed by atoms with van der Waals surface area (Å²) >= 11 is 0. The van der Waals surface area contributed by atoms with E-state index in [4.69, 9.17) is 0 Å².